The largest absolute Gasteiger partial charge is 0.351 e. The lowest BCUT2D eigenvalue weighted by Crippen LogP contribution is -2.43. The summed E-state index contributed by atoms with van der Waals surface area (Å²) in [7, 11) is 0. The van der Waals surface area contributed by atoms with Crippen LogP contribution in [0.2, 0.25) is 5.02 Å². The summed E-state index contributed by atoms with van der Waals surface area (Å²) < 4.78 is 0. The minimum absolute atomic E-state index is 0.0332. The van der Waals surface area contributed by atoms with E-state index in [1.807, 2.05) is 24.3 Å². The first-order valence-electron chi connectivity index (χ1n) is 6.46. The Kier molecular flexibility index (Phi) is 4.61. The SMILES string of the molecule is CC[C@H]1CCN[C@@H]1C(=O)NCc1cccc(Cl)c1. The van der Waals surface area contributed by atoms with Crippen molar-refractivity contribution >= 4 is 17.5 Å². The first-order valence-corrected chi connectivity index (χ1v) is 6.84. The Morgan fingerprint density at radius 3 is 3.11 bits per heavy atom. The van der Waals surface area contributed by atoms with Crippen LogP contribution in [0.4, 0.5) is 0 Å². The molecule has 0 saturated carbocycles. The van der Waals surface area contributed by atoms with Gasteiger partial charge in [-0.15, -0.1) is 0 Å². The van der Waals surface area contributed by atoms with Gasteiger partial charge >= 0.3 is 0 Å². The number of benzene rings is 1. The molecule has 0 aliphatic carbocycles. The molecule has 1 aliphatic heterocycles. The van der Waals surface area contributed by atoms with E-state index in [1.54, 1.807) is 0 Å². The molecule has 0 unspecified atom stereocenters. The van der Waals surface area contributed by atoms with E-state index in [1.165, 1.54) is 0 Å². The summed E-state index contributed by atoms with van der Waals surface area (Å²) in [6.07, 6.45) is 2.13. The third-order valence-electron chi connectivity index (χ3n) is 3.51. The summed E-state index contributed by atoms with van der Waals surface area (Å²) in [5.74, 6) is 0.559. The molecule has 1 aliphatic rings. The maximum absolute atomic E-state index is 12.1. The highest BCUT2D eigenvalue weighted by molar-refractivity contribution is 6.30. The lowest BCUT2D eigenvalue weighted by Gasteiger charge is -2.17. The number of hydrogen-bond acceptors (Lipinski definition) is 2. The molecule has 98 valence electrons. The highest BCUT2D eigenvalue weighted by Crippen LogP contribution is 2.19. The molecule has 1 aromatic rings. The van der Waals surface area contributed by atoms with E-state index in [2.05, 4.69) is 17.6 Å². The molecule has 2 rings (SSSR count). The van der Waals surface area contributed by atoms with Gasteiger partial charge in [-0.2, -0.15) is 0 Å². The molecular weight excluding hydrogens is 248 g/mol. The average Bonchev–Trinajstić information content (AvgIpc) is 2.84. The minimum atomic E-state index is -0.0332. The first kappa shape index (κ1) is 13.4. The predicted octanol–water partition coefficient (Wildman–Crippen LogP) is 2.34. The van der Waals surface area contributed by atoms with Gasteiger partial charge in [-0.1, -0.05) is 37.1 Å². The Morgan fingerprint density at radius 2 is 2.39 bits per heavy atom. The number of nitrogens with one attached hydrogen (secondary N) is 2. The molecule has 2 atom stereocenters. The van der Waals surface area contributed by atoms with Crippen LogP contribution in [0, 0.1) is 5.92 Å². The van der Waals surface area contributed by atoms with E-state index in [9.17, 15) is 4.79 Å². The van der Waals surface area contributed by atoms with Crippen LogP contribution < -0.4 is 10.6 Å². The van der Waals surface area contributed by atoms with Crippen LogP contribution in [0.1, 0.15) is 25.3 Å². The van der Waals surface area contributed by atoms with Crippen molar-refractivity contribution in [3.8, 4) is 0 Å². The quantitative estimate of drug-likeness (QED) is 0.878. The predicted molar refractivity (Wildman–Crippen MR) is 73.5 cm³/mol. The summed E-state index contributed by atoms with van der Waals surface area (Å²) in [5, 5.41) is 6.94. The van der Waals surface area contributed by atoms with Crippen LogP contribution in [0.5, 0.6) is 0 Å². The van der Waals surface area contributed by atoms with Crippen LogP contribution >= 0.6 is 11.6 Å². The third kappa shape index (κ3) is 3.24. The fourth-order valence-corrected chi connectivity index (χ4v) is 2.66. The number of carbonyl (C=O) groups is 1. The van der Waals surface area contributed by atoms with Crippen LogP contribution in [-0.2, 0) is 11.3 Å². The van der Waals surface area contributed by atoms with Gasteiger partial charge < -0.3 is 10.6 Å². The molecule has 1 heterocycles. The van der Waals surface area contributed by atoms with Crippen molar-refractivity contribution in [2.24, 2.45) is 5.92 Å². The molecule has 0 radical (unpaired) electrons. The summed E-state index contributed by atoms with van der Waals surface area (Å²) in [5.41, 5.74) is 1.03. The molecule has 18 heavy (non-hydrogen) atoms. The number of amides is 1. The van der Waals surface area contributed by atoms with Gasteiger partial charge in [-0.3, -0.25) is 4.79 Å². The van der Waals surface area contributed by atoms with Gasteiger partial charge in [0.1, 0.15) is 0 Å². The molecule has 0 bridgehead atoms. The van der Waals surface area contributed by atoms with Crippen molar-refractivity contribution in [2.75, 3.05) is 6.54 Å². The maximum Gasteiger partial charge on any atom is 0.237 e. The van der Waals surface area contributed by atoms with Gasteiger partial charge in [0.2, 0.25) is 5.91 Å². The van der Waals surface area contributed by atoms with E-state index < -0.39 is 0 Å². The third-order valence-corrected chi connectivity index (χ3v) is 3.75. The lowest BCUT2D eigenvalue weighted by molar-refractivity contribution is -0.123. The number of carbonyl (C=O) groups excluding carboxylic acids is 1. The van der Waals surface area contributed by atoms with E-state index in [0.29, 0.717) is 17.5 Å². The van der Waals surface area contributed by atoms with Crippen molar-refractivity contribution in [1.29, 1.82) is 0 Å². The second-order valence-corrected chi connectivity index (χ2v) is 5.17. The lowest BCUT2D eigenvalue weighted by atomic mass is 9.97. The number of halogens is 1. The molecule has 0 aromatic heterocycles. The van der Waals surface area contributed by atoms with Gasteiger partial charge in [-0.25, -0.2) is 0 Å². The summed E-state index contributed by atoms with van der Waals surface area (Å²) in [4.78, 5) is 12.1. The number of rotatable bonds is 4. The zero-order chi connectivity index (χ0) is 13.0. The van der Waals surface area contributed by atoms with E-state index in [-0.39, 0.29) is 11.9 Å². The van der Waals surface area contributed by atoms with Gasteiger partial charge in [0.05, 0.1) is 6.04 Å². The van der Waals surface area contributed by atoms with Gasteiger partial charge in [0.15, 0.2) is 0 Å². The number of hydrogen-bond donors (Lipinski definition) is 2. The van der Waals surface area contributed by atoms with E-state index in [4.69, 9.17) is 11.6 Å². The average molecular weight is 267 g/mol. The smallest absolute Gasteiger partial charge is 0.237 e. The first-order chi connectivity index (χ1) is 8.70. The fraction of sp³-hybridized carbons (Fsp3) is 0.500. The van der Waals surface area contributed by atoms with E-state index >= 15 is 0 Å². The molecule has 1 aromatic carbocycles. The molecular formula is C14H19ClN2O. The molecule has 3 nitrogen and oxygen atoms in total. The molecule has 1 fully saturated rings. The summed E-state index contributed by atoms with van der Waals surface area (Å²) >= 11 is 5.91. The van der Waals surface area contributed by atoms with Crippen molar-refractivity contribution in [2.45, 2.75) is 32.4 Å². The van der Waals surface area contributed by atoms with Crippen molar-refractivity contribution in [1.82, 2.24) is 10.6 Å². The Balaban J connectivity index is 1.88. The van der Waals surface area contributed by atoms with Crippen LogP contribution in [0.15, 0.2) is 24.3 Å². The molecule has 1 amide bonds. The molecule has 4 heteroatoms. The van der Waals surface area contributed by atoms with Gasteiger partial charge in [0.25, 0.3) is 0 Å². The molecule has 2 N–H and O–H groups in total. The topological polar surface area (TPSA) is 41.1 Å². The second kappa shape index (κ2) is 6.21. The van der Waals surface area contributed by atoms with E-state index in [0.717, 1.165) is 24.9 Å². The van der Waals surface area contributed by atoms with Gasteiger partial charge in [0, 0.05) is 11.6 Å². The normalized spacial score (nSPS) is 23.0. The minimum Gasteiger partial charge on any atom is -0.351 e. The maximum atomic E-state index is 12.1. The Morgan fingerprint density at radius 1 is 1.56 bits per heavy atom. The standard InChI is InChI=1S/C14H19ClN2O/c1-2-11-6-7-16-13(11)14(18)17-9-10-4-3-5-12(15)8-10/h3-5,8,11,13,16H,2,6-7,9H2,1H3,(H,17,18)/t11-,13-/m0/s1. The monoisotopic (exact) mass is 266 g/mol. The van der Waals surface area contributed by atoms with Gasteiger partial charge in [-0.05, 0) is 36.6 Å². The Labute approximate surface area is 113 Å². The van der Waals surface area contributed by atoms with Crippen molar-refractivity contribution in [3.05, 3.63) is 34.9 Å². The second-order valence-electron chi connectivity index (χ2n) is 4.74. The van der Waals surface area contributed by atoms with Crippen LogP contribution in [0.3, 0.4) is 0 Å². The molecule has 1 saturated heterocycles. The van der Waals surface area contributed by atoms with Crippen LogP contribution in [0.25, 0.3) is 0 Å². The highest BCUT2D eigenvalue weighted by atomic mass is 35.5. The summed E-state index contributed by atoms with van der Waals surface area (Å²) in [6.45, 7) is 3.61. The Hall–Kier alpha value is -1.06. The highest BCUT2D eigenvalue weighted by Gasteiger charge is 2.30. The van der Waals surface area contributed by atoms with Crippen molar-refractivity contribution < 1.29 is 4.79 Å². The Bertz CT molecular complexity index is 422. The zero-order valence-corrected chi connectivity index (χ0v) is 11.3. The van der Waals surface area contributed by atoms with Crippen molar-refractivity contribution in [3.63, 3.8) is 0 Å². The van der Waals surface area contributed by atoms with Crippen LogP contribution in [-0.4, -0.2) is 18.5 Å². The summed E-state index contributed by atoms with van der Waals surface area (Å²) in [6, 6.07) is 7.53. The molecule has 0 spiro atoms. The fourth-order valence-electron chi connectivity index (χ4n) is 2.45. The zero-order valence-electron chi connectivity index (χ0n) is 10.6.